The first-order chi connectivity index (χ1) is 9.56. The zero-order valence-electron chi connectivity index (χ0n) is 10.5. The van der Waals surface area contributed by atoms with Gasteiger partial charge in [0.15, 0.2) is 0 Å². The van der Waals surface area contributed by atoms with E-state index in [2.05, 4.69) is 15.9 Å². The average Bonchev–Trinajstić information content (AvgIpc) is 3.18. The Bertz CT molecular complexity index is 731. The number of benzene rings is 1. The SMILES string of the molecule is O=c1n(Cc2ccc(Br)cc2[N+](=O)[O-])ccn1C1CC1. The number of halogens is 1. The molecule has 3 rings (SSSR count). The molecule has 0 N–H and O–H groups in total. The van der Waals surface area contributed by atoms with E-state index in [1.54, 1.807) is 29.1 Å². The summed E-state index contributed by atoms with van der Waals surface area (Å²) in [4.78, 5) is 22.8. The summed E-state index contributed by atoms with van der Waals surface area (Å²) < 4.78 is 3.86. The van der Waals surface area contributed by atoms with Crippen LogP contribution in [0.2, 0.25) is 0 Å². The highest BCUT2D eigenvalue weighted by Crippen LogP contribution is 2.33. The van der Waals surface area contributed by atoms with Gasteiger partial charge < -0.3 is 0 Å². The van der Waals surface area contributed by atoms with Crippen LogP contribution in [0.1, 0.15) is 24.4 Å². The Morgan fingerprint density at radius 1 is 1.35 bits per heavy atom. The molecule has 0 saturated heterocycles. The minimum atomic E-state index is -0.428. The van der Waals surface area contributed by atoms with E-state index < -0.39 is 4.92 Å². The molecule has 1 aromatic carbocycles. The van der Waals surface area contributed by atoms with Crippen molar-refractivity contribution in [3.63, 3.8) is 0 Å². The summed E-state index contributed by atoms with van der Waals surface area (Å²) in [6.45, 7) is 0.210. The number of hydrogen-bond donors (Lipinski definition) is 0. The van der Waals surface area contributed by atoms with E-state index in [0.717, 1.165) is 12.8 Å². The molecular formula is C13H12BrN3O3. The minimum Gasteiger partial charge on any atom is -0.296 e. The van der Waals surface area contributed by atoms with Gasteiger partial charge in [0.05, 0.1) is 11.5 Å². The first-order valence-electron chi connectivity index (χ1n) is 6.26. The normalized spacial score (nSPS) is 14.4. The zero-order valence-corrected chi connectivity index (χ0v) is 12.1. The second kappa shape index (κ2) is 4.90. The van der Waals surface area contributed by atoms with Crippen LogP contribution >= 0.6 is 15.9 Å². The molecule has 0 unspecified atom stereocenters. The van der Waals surface area contributed by atoms with Crippen LogP contribution in [0.3, 0.4) is 0 Å². The van der Waals surface area contributed by atoms with Crippen LogP contribution in [0.15, 0.2) is 39.9 Å². The topological polar surface area (TPSA) is 70.1 Å². The number of rotatable bonds is 4. The average molecular weight is 338 g/mol. The summed E-state index contributed by atoms with van der Waals surface area (Å²) in [5.41, 5.74) is 0.434. The Kier molecular flexibility index (Phi) is 3.21. The van der Waals surface area contributed by atoms with Gasteiger partial charge in [-0.2, -0.15) is 0 Å². The molecule has 104 valence electrons. The van der Waals surface area contributed by atoms with Gasteiger partial charge in [-0.25, -0.2) is 4.79 Å². The van der Waals surface area contributed by atoms with E-state index in [9.17, 15) is 14.9 Å². The molecule has 1 aliphatic carbocycles. The number of nitrogens with zero attached hydrogens (tertiary/aromatic N) is 3. The van der Waals surface area contributed by atoms with Crippen LogP contribution in [-0.4, -0.2) is 14.1 Å². The molecule has 0 bridgehead atoms. The fourth-order valence-corrected chi connectivity index (χ4v) is 2.55. The number of nitro groups is 1. The van der Waals surface area contributed by atoms with Crippen molar-refractivity contribution in [2.24, 2.45) is 0 Å². The molecule has 1 heterocycles. The van der Waals surface area contributed by atoms with Crippen molar-refractivity contribution in [2.45, 2.75) is 25.4 Å². The molecule has 6 nitrogen and oxygen atoms in total. The van der Waals surface area contributed by atoms with Crippen LogP contribution in [-0.2, 0) is 6.54 Å². The molecular weight excluding hydrogens is 326 g/mol. The van der Waals surface area contributed by atoms with E-state index in [-0.39, 0.29) is 17.9 Å². The van der Waals surface area contributed by atoms with Crippen LogP contribution in [0, 0.1) is 10.1 Å². The van der Waals surface area contributed by atoms with Crippen molar-refractivity contribution in [1.82, 2.24) is 9.13 Å². The third kappa shape index (κ3) is 2.40. The van der Waals surface area contributed by atoms with E-state index in [1.165, 1.54) is 10.6 Å². The van der Waals surface area contributed by atoms with Crippen LogP contribution in [0.25, 0.3) is 0 Å². The predicted octanol–water partition coefficient (Wildman–Crippen LogP) is 2.70. The maximum atomic E-state index is 12.1. The molecule has 0 aliphatic heterocycles. The lowest BCUT2D eigenvalue weighted by molar-refractivity contribution is -0.385. The Morgan fingerprint density at radius 3 is 2.75 bits per heavy atom. The summed E-state index contributed by atoms with van der Waals surface area (Å²) in [5.74, 6) is 0. The number of nitro benzene ring substituents is 1. The quantitative estimate of drug-likeness (QED) is 0.636. The van der Waals surface area contributed by atoms with E-state index in [0.29, 0.717) is 16.1 Å². The zero-order chi connectivity index (χ0) is 14.3. The number of hydrogen-bond acceptors (Lipinski definition) is 3. The minimum absolute atomic E-state index is 0.0189. The molecule has 0 spiro atoms. The number of aromatic nitrogens is 2. The fourth-order valence-electron chi connectivity index (χ4n) is 2.20. The molecule has 2 aromatic rings. The van der Waals surface area contributed by atoms with Crippen molar-refractivity contribution in [2.75, 3.05) is 0 Å². The first-order valence-corrected chi connectivity index (χ1v) is 7.05. The highest BCUT2D eigenvalue weighted by Gasteiger charge is 2.26. The predicted molar refractivity (Wildman–Crippen MR) is 76.9 cm³/mol. The third-order valence-corrected chi connectivity index (χ3v) is 3.89. The van der Waals surface area contributed by atoms with Gasteiger partial charge >= 0.3 is 5.69 Å². The van der Waals surface area contributed by atoms with Crippen LogP contribution in [0.5, 0.6) is 0 Å². The molecule has 1 aromatic heterocycles. The van der Waals surface area contributed by atoms with Gasteiger partial charge in [0.25, 0.3) is 5.69 Å². The van der Waals surface area contributed by atoms with Crippen molar-refractivity contribution in [3.8, 4) is 0 Å². The lowest BCUT2D eigenvalue weighted by Gasteiger charge is -2.04. The van der Waals surface area contributed by atoms with E-state index in [1.807, 2.05) is 0 Å². The van der Waals surface area contributed by atoms with Gasteiger partial charge in [0.1, 0.15) is 0 Å². The fraction of sp³-hybridized carbons (Fsp3) is 0.308. The highest BCUT2D eigenvalue weighted by atomic mass is 79.9. The molecule has 20 heavy (non-hydrogen) atoms. The second-order valence-corrected chi connectivity index (χ2v) is 5.79. The van der Waals surface area contributed by atoms with Gasteiger partial charge in [-0.3, -0.25) is 19.2 Å². The third-order valence-electron chi connectivity index (χ3n) is 3.40. The van der Waals surface area contributed by atoms with Gasteiger partial charge in [-0.1, -0.05) is 15.9 Å². The van der Waals surface area contributed by atoms with Gasteiger partial charge in [-0.15, -0.1) is 0 Å². The van der Waals surface area contributed by atoms with Gasteiger partial charge in [0, 0.05) is 34.5 Å². The van der Waals surface area contributed by atoms with Crippen LogP contribution < -0.4 is 5.69 Å². The summed E-state index contributed by atoms with van der Waals surface area (Å²) >= 11 is 3.22. The summed E-state index contributed by atoms with van der Waals surface area (Å²) in [7, 11) is 0. The molecule has 0 amide bonds. The lowest BCUT2D eigenvalue weighted by atomic mass is 10.2. The molecule has 7 heteroatoms. The Balaban J connectivity index is 1.95. The van der Waals surface area contributed by atoms with E-state index >= 15 is 0 Å². The molecule has 1 fully saturated rings. The molecule has 0 radical (unpaired) electrons. The Labute approximate surface area is 122 Å². The second-order valence-electron chi connectivity index (χ2n) is 4.88. The van der Waals surface area contributed by atoms with Crippen molar-refractivity contribution >= 4 is 21.6 Å². The monoisotopic (exact) mass is 337 g/mol. The van der Waals surface area contributed by atoms with Gasteiger partial charge in [0.2, 0.25) is 0 Å². The molecule has 1 aliphatic rings. The van der Waals surface area contributed by atoms with Crippen molar-refractivity contribution < 1.29 is 4.92 Å². The highest BCUT2D eigenvalue weighted by molar-refractivity contribution is 9.10. The standard InChI is InChI=1S/C13H12BrN3O3/c14-10-2-1-9(12(7-10)17(19)20)8-15-5-6-16(13(15)18)11-3-4-11/h1-2,5-7,11H,3-4,8H2. The van der Waals surface area contributed by atoms with Crippen LogP contribution in [0.4, 0.5) is 5.69 Å². The van der Waals surface area contributed by atoms with Crippen molar-refractivity contribution in [1.29, 1.82) is 0 Å². The Morgan fingerprint density at radius 2 is 2.10 bits per heavy atom. The molecule has 1 saturated carbocycles. The first kappa shape index (κ1) is 13.1. The number of imidazole rings is 1. The largest absolute Gasteiger partial charge is 0.328 e. The Hall–Kier alpha value is -1.89. The van der Waals surface area contributed by atoms with Crippen molar-refractivity contribution in [3.05, 3.63) is 61.2 Å². The smallest absolute Gasteiger partial charge is 0.296 e. The molecule has 0 atom stereocenters. The maximum absolute atomic E-state index is 12.1. The van der Waals surface area contributed by atoms with E-state index in [4.69, 9.17) is 0 Å². The maximum Gasteiger partial charge on any atom is 0.328 e. The van der Waals surface area contributed by atoms with Gasteiger partial charge in [-0.05, 0) is 25.0 Å². The summed E-state index contributed by atoms with van der Waals surface area (Å²) in [5, 5.41) is 11.1. The summed E-state index contributed by atoms with van der Waals surface area (Å²) in [6.07, 6.45) is 5.50. The lowest BCUT2D eigenvalue weighted by Crippen LogP contribution is -2.24. The summed E-state index contributed by atoms with van der Waals surface area (Å²) in [6, 6.07) is 5.18.